The van der Waals surface area contributed by atoms with Crippen LogP contribution in [0.25, 0.3) is 0 Å². The van der Waals surface area contributed by atoms with Crippen molar-refractivity contribution < 1.29 is 9.53 Å². The first-order chi connectivity index (χ1) is 11.3. The number of carbonyl (C=O) groups excluding carboxylic acids is 1. The van der Waals surface area contributed by atoms with Crippen LogP contribution in [0.4, 0.5) is 5.82 Å². The average Bonchev–Trinajstić information content (AvgIpc) is 2.62. The molecule has 1 amide bonds. The summed E-state index contributed by atoms with van der Waals surface area (Å²) in [5.74, 6) is 0.941. The fourth-order valence-corrected chi connectivity index (χ4v) is 2.48. The van der Waals surface area contributed by atoms with Crippen molar-refractivity contribution in [1.29, 1.82) is 0 Å². The van der Waals surface area contributed by atoms with Gasteiger partial charge in [-0.05, 0) is 24.8 Å². The molecule has 0 bridgehead atoms. The van der Waals surface area contributed by atoms with E-state index in [1.54, 1.807) is 6.07 Å². The van der Waals surface area contributed by atoms with Crippen molar-refractivity contribution in [3.63, 3.8) is 0 Å². The molecule has 0 aliphatic heterocycles. The summed E-state index contributed by atoms with van der Waals surface area (Å²) in [5, 5.41) is 2.85. The zero-order valence-corrected chi connectivity index (χ0v) is 12.8. The maximum Gasteiger partial charge on any atom is 0.228 e. The number of carbonyl (C=O) groups is 1. The quantitative estimate of drug-likeness (QED) is 0.860. The minimum Gasteiger partial charge on any atom is -0.473 e. The largest absolute Gasteiger partial charge is 0.473 e. The molecule has 118 valence electrons. The number of nitrogens with zero attached hydrogens (tertiary/aromatic N) is 2. The van der Waals surface area contributed by atoms with Crippen molar-refractivity contribution in [3.05, 3.63) is 60.4 Å². The van der Waals surface area contributed by atoms with Gasteiger partial charge in [-0.2, -0.15) is 0 Å². The van der Waals surface area contributed by atoms with Crippen LogP contribution in [0.2, 0.25) is 0 Å². The summed E-state index contributed by atoms with van der Waals surface area (Å²) in [7, 11) is 0. The molecule has 3 rings (SSSR count). The lowest BCUT2D eigenvalue weighted by Crippen LogP contribution is -2.24. The molecule has 0 spiro atoms. The minimum absolute atomic E-state index is 0.00191. The van der Waals surface area contributed by atoms with E-state index in [0.29, 0.717) is 18.3 Å². The molecular formula is C18H19N3O2. The maximum absolute atomic E-state index is 12.2. The number of benzene rings is 1. The third kappa shape index (κ3) is 4.39. The van der Waals surface area contributed by atoms with Crippen molar-refractivity contribution in [1.82, 2.24) is 9.97 Å². The van der Waals surface area contributed by atoms with Crippen LogP contribution in [0.5, 0.6) is 5.88 Å². The molecule has 0 radical (unpaired) electrons. The summed E-state index contributed by atoms with van der Waals surface area (Å²) >= 11 is 0. The first-order valence-electron chi connectivity index (χ1n) is 7.76. The summed E-state index contributed by atoms with van der Waals surface area (Å²) in [6.07, 6.45) is 8.19. The molecule has 2 aromatic rings. The fraction of sp³-hybridized carbons (Fsp3) is 0.278. The van der Waals surface area contributed by atoms with Gasteiger partial charge in [0, 0.05) is 12.0 Å². The van der Waals surface area contributed by atoms with Gasteiger partial charge in [-0.1, -0.05) is 42.5 Å². The highest BCUT2D eigenvalue weighted by Crippen LogP contribution is 2.20. The normalized spacial score (nSPS) is 16.8. The van der Waals surface area contributed by atoms with E-state index >= 15 is 0 Å². The summed E-state index contributed by atoms with van der Waals surface area (Å²) in [6, 6.07) is 11.5. The van der Waals surface area contributed by atoms with Crippen molar-refractivity contribution in [2.45, 2.75) is 25.9 Å². The van der Waals surface area contributed by atoms with Crippen LogP contribution in [0.15, 0.2) is 54.9 Å². The van der Waals surface area contributed by atoms with Crippen LogP contribution in [0, 0.1) is 5.92 Å². The number of ether oxygens (including phenoxy) is 1. The Kier molecular flexibility index (Phi) is 4.99. The molecule has 1 atom stereocenters. The molecular weight excluding hydrogens is 290 g/mol. The van der Waals surface area contributed by atoms with E-state index in [2.05, 4.69) is 27.4 Å². The lowest BCUT2D eigenvalue weighted by Gasteiger charge is -2.16. The van der Waals surface area contributed by atoms with Crippen LogP contribution in [0.1, 0.15) is 24.8 Å². The Labute approximate surface area is 135 Å². The second kappa shape index (κ2) is 7.54. The first-order valence-corrected chi connectivity index (χ1v) is 7.76. The Morgan fingerprint density at radius 1 is 1.22 bits per heavy atom. The van der Waals surface area contributed by atoms with E-state index in [1.165, 1.54) is 6.33 Å². The lowest BCUT2D eigenvalue weighted by atomic mass is 9.94. The molecule has 1 heterocycles. The predicted molar refractivity (Wildman–Crippen MR) is 87.9 cm³/mol. The first kappa shape index (κ1) is 15.2. The van der Waals surface area contributed by atoms with E-state index in [1.807, 2.05) is 30.3 Å². The minimum atomic E-state index is 0.00191. The molecule has 5 nitrogen and oxygen atoms in total. The van der Waals surface area contributed by atoms with Crippen molar-refractivity contribution in [3.8, 4) is 5.88 Å². The second-order valence-electron chi connectivity index (χ2n) is 5.49. The van der Waals surface area contributed by atoms with Gasteiger partial charge in [-0.15, -0.1) is 0 Å². The van der Waals surface area contributed by atoms with Gasteiger partial charge in [0.1, 0.15) is 18.8 Å². The van der Waals surface area contributed by atoms with E-state index in [9.17, 15) is 4.79 Å². The smallest absolute Gasteiger partial charge is 0.228 e. The topological polar surface area (TPSA) is 64.1 Å². The van der Waals surface area contributed by atoms with Crippen molar-refractivity contribution in [2.75, 3.05) is 5.32 Å². The van der Waals surface area contributed by atoms with Gasteiger partial charge in [-0.3, -0.25) is 4.79 Å². The van der Waals surface area contributed by atoms with E-state index in [0.717, 1.165) is 24.8 Å². The second-order valence-corrected chi connectivity index (χ2v) is 5.49. The number of hydrogen-bond acceptors (Lipinski definition) is 4. The highest BCUT2D eigenvalue weighted by Gasteiger charge is 2.19. The standard InChI is InChI=1S/C18H19N3O2/c22-18(15-9-5-2-6-10-15)21-16-11-17(20-13-19-16)23-12-14-7-3-1-4-8-14/h1-5,7-8,11,13,15H,6,9-10,12H2,(H,19,20,21,22)/t15-/m0/s1. The van der Waals surface area contributed by atoms with Crippen LogP contribution >= 0.6 is 0 Å². The van der Waals surface area contributed by atoms with Crippen LogP contribution < -0.4 is 10.1 Å². The molecule has 0 fully saturated rings. The average molecular weight is 309 g/mol. The molecule has 0 saturated heterocycles. The van der Waals surface area contributed by atoms with Crippen molar-refractivity contribution in [2.24, 2.45) is 5.92 Å². The molecule has 1 aliphatic carbocycles. The Balaban J connectivity index is 1.58. The number of aromatic nitrogens is 2. The molecule has 5 heteroatoms. The SMILES string of the molecule is O=C(Nc1cc(OCc2ccccc2)ncn1)[C@H]1CC=CCC1. The Morgan fingerprint density at radius 3 is 2.87 bits per heavy atom. The number of allylic oxidation sites excluding steroid dienone is 2. The van der Waals surface area contributed by atoms with Crippen LogP contribution in [-0.2, 0) is 11.4 Å². The fourth-order valence-electron chi connectivity index (χ4n) is 2.48. The number of amides is 1. The number of hydrogen-bond donors (Lipinski definition) is 1. The van der Waals surface area contributed by atoms with E-state index in [-0.39, 0.29) is 11.8 Å². The maximum atomic E-state index is 12.2. The molecule has 1 aliphatic rings. The lowest BCUT2D eigenvalue weighted by molar-refractivity contribution is -0.120. The van der Waals surface area contributed by atoms with Gasteiger partial charge >= 0.3 is 0 Å². The number of rotatable bonds is 5. The van der Waals surface area contributed by atoms with Gasteiger partial charge in [0.05, 0.1) is 0 Å². The molecule has 1 aromatic carbocycles. The predicted octanol–water partition coefficient (Wildman–Crippen LogP) is 3.35. The monoisotopic (exact) mass is 309 g/mol. The Bertz CT molecular complexity index is 686. The van der Waals surface area contributed by atoms with Crippen LogP contribution in [-0.4, -0.2) is 15.9 Å². The Hall–Kier alpha value is -2.69. The van der Waals surface area contributed by atoms with E-state index < -0.39 is 0 Å². The summed E-state index contributed by atoms with van der Waals surface area (Å²) in [5.41, 5.74) is 1.06. The number of anilines is 1. The highest BCUT2D eigenvalue weighted by atomic mass is 16.5. The third-order valence-corrected chi connectivity index (χ3v) is 3.76. The summed E-state index contributed by atoms with van der Waals surface area (Å²) in [6.45, 7) is 0.429. The van der Waals surface area contributed by atoms with Crippen LogP contribution in [0.3, 0.4) is 0 Å². The zero-order valence-electron chi connectivity index (χ0n) is 12.8. The summed E-state index contributed by atoms with van der Waals surface area (Å²) < 4.78 is 5.65. The van der Waals surface area contributed by atoms with Gasteiger partial charge < -0.3 is 10.1 Å². The number of nitrogens with one attached hydrogen (secondary N) is 1. The third-order valence-electron chi connectivity index (χ3n) is 3.76. The Morgan fingerprint density at radius 2 is 2.09 bits per heavy atom. The van der Waals surface area contributed by atoms with Gasteiger partial charge in [0.25, 0.3) is 0 Å². The van der Waals surface area contributed by atoms with Gasteiger partial charge in [0.2, 0.25) is 11.8 Å². The molecule has 1 aromatic heterocycles. The summed E-state index contributed by atoms with van der Waals surface area (Å²) in [4.78, 5) is 20.4. The van der Waals surface area contributed by atoms with Gasteiger partial charge in [0.15, 0.2) is 0 Å². The zero-order chi connectivity index (χ0) is 15.9. The van der Waals surface area contributed by atoms with Crippen molar-refractivity contribution >= 4 is 11.7 Å². The molecule has 0 saturated carbocycles. The molecule has 1 N–H and O–H groups in total. The van der Waals surface area contributed by atoms with E-state index in [4.69, 9.17) is 4.74 Å². The van der Waals surface area contributed by atoms with Gasteiger partial charge in [-0.25, -0.2) is 9.97 Å². The highest BCUT2D eigenvalue weighted by molar-refractivity contribution is 5.91. The molecule has 0 unspecified atom stereocenters. The molecule has 23 heavy (non-hydrogen) atoms.